The lowest BCUT2D eigenvalue weighted by atomic mass is 9.68. The minimum absolute atomic E-state index is 0.130. The van der Waals surface area contributed by atoms with Crippen molar-refractivity contribution in [3.8, 4) is 6.07 Å². The Morgan fingerprint density at radius 3 is 2.58 bits per heavy atom. The molecule has 0 aromatic heterocycles. The van der Waals surface area contributed by atoms with Gasteiger partial charge in [-0.2, -0.15) is 5.26 Å². The Labute approximate surface area is 151 Å². The van der Waals surface area contributed by atoms with Crippen LogP contribution in [0, 0.1) is 26.7 Å². The molecule has 1 aromatic rings. The molecule has 0 N–H and O–H groups in total. The van der Waals surface area contributed by atoms with Gasteiger partial charge in [-0.3, -0.25) is 14.4 Å². The van der Waals surface area contributed by atoms with Gasteiger partial charge in [-0.15, -0.1) is 0 Å². The maximum atomic E-state index is 13.0. The van der Waals surface area contributed by atoms with Crippen molar-refractivity contribution >= 4 is 45.9 Å². The van der Waals surface area contributed by atoms with E-state index in [2.05, 4.69) is 6.07 Å². The van der Waals surface area contributed by atoms with E-state index in [9.17, 15) is 19.6 Å². The Kier molecular flexibility index (Phi) is 3.04. The summed E-state index contributed by atoms with van der Waals surface area (Å²) in [4.78, 5) is 39.5. The van der Waals surface area contributed by atoms with E-state index in [0.717, 1.165) is 4.90 Å². The van der Waals surface area contributed by atoms with Crippen LogP contribution in [-0.2, 0) is 19.1 Å². The number of amides is 2. The zero-order chi connectivity index (χ0) is 17.4. The number of hydrogen-bond donors (Lipinski definition) is 0. The summed E-state index contributed by atoms with van der Waals surface area (Å²) < 4.78 is 6.40. The first kappa shape index (κ1) is 15.7. The molecule has 2 amide bonds. The Morgan fingerprint density at radius 2 is 1.92 bits per heavy atom. The van der Waals surface area contributed by atoms with E-state index in [-0.39, 0.29) is 18.1 Å². The van der Waals surface area contributed by atoms with Crippen molar-refractivity contribution in [2.75, 3.05) is 4.90 Å². The quantitative estimate of drug-likeness (QED) is 0.495. The van der Waals surface area contributed by atoms with Gasteiger partial charge in [0.05, 0.1) is 32.3 Å². The van der Waals surface area contributed by atoms with E-state index in [1.165, 1.54) is 0 Å². The molecule has 0 saturated carbocycles. The Bertz CT molecular complexity index is 876. The van der Waals surface area contributed by atoms with Gasteiger partial charge in [0, 0.05) is 6.42 Å². The van der Waals surface area contributed by atoms with Crippen LogP contribution in [0.5, 0.6) is 0 Å². The zero-order valence-electron chi connectivity index (χ0n) is 13.0. The first-order valence-electron chi connectivity index (χ1n) is 7.54. The van der Waals surface area contributed by atoms with Gasteiger partial charge < -0.3 is 4.74 Å². The highest BCUT2D eigenvalue weighted by atomic mass is 127. The molecule has 3 aliphatic heterocycles. The highest BCUT2D eigenvalue weighted by Crippen LogP contribution is 2.59. The lowest BCUT2D eigenvalue weighted by Crippen LogP contribution is -2.46. The fourth-order valence-electron chi connectivity index (χ4n) is 4.34. The lowest BCUT2D eigenvalue weighted by Gasteiger charge is -2.26. The molecule has 3 fully saturated rings. The van der Waals surface area contributed by atoms with Crippen LogP contribution in [0.25, 0.3) is 0 Å². The molecule has 24 heavy (non-hydrogen) atoms. The minimum Gasteiger partial charge on any atom is -0.359 e. The van der Waals surface area contributed by atoms with Gasteiger partial charge in [0.15, 0.2) is 5.78 Å². The number of benzene rings is 1. The second-order valence-electron chi connectivity index (χ2n) is 6.84. The van der Waals surface area contributed by atoms with Crippen molar-refractivity contribution in [3.63, 3.8) is 0 Å². The van der Waals surface area contributed by atoms with Crippen LogP contribution in [0.4, 0.5) is 5.69 Å². The van der Waals surface area contributed by atoms with Crippen molar-refractivity contribution in [2.45, 2.75) is 31.5 Å². The average Bonchev–Trinajstić information content (AvgIpc) is 3.02. The normalized spacial score (nSPS) is 37.1. The number of ketones is 1. The molecule has 0 spiro atoms. The second kappa shape index (κ2) is 4.64. The number of Topliss-reactive ketones (excluding diaryl/α,β-unsaturated/α-hetero) is 1. The summed E-state index contributed by atoms with van der Waals surface area (Å²) in [6.07, 6.45) is 0.146. The lowest BCUT2D eigenvalue weighted by molar-refractivity contribution is -0.139. The van der Waals surface area contributed by atoms with Crippen LogP contribution in [0.15, 0.2) is 18.2 Å². The molecule has 4 atom stereocenters. The first-order chi connectivity index (χ1) is 11.2. The SMILES string of the molecule is CC12CC(=O)C(C)(O1)C1C(=O)N(c3cccc(C#N)c3I)C(=O)C12. The third-order valence-electron chi connectivity index (χ3n) is 5.41. The Balaban J connectivity index is 1.86. The number of hydrogen-bond acceptors (Lipinski definition) is 5. The molecular weight excluding hydrogens is 423 g/mol. The number of nitriles is 1. The van der Waals surface area contributed by atoms with Crippen LogP contribution < -0.4 is 4.90 Å². The molecule has 4 unspecified atom stereocenters. The number of nitrogens with zero attached hydrogens (tertiary/aromatic N) is 2. The van der Waals surface area contributed by atoms with Crippen molar-refractivity contribution < 1.29 is 19.1 Å². The molecule has 122 valence electrons. The monoisotopic (exact) mass is 436 g/mol. The summed E-state index contributed by atoms with van der Waals surface area (Å²) in [5, 5.41) is 9.18. The number of carbonyl (C=O) groups is 3. The maximum Gasteiger partial charge on any atom is 0.241 e. The smallest absolute Gasteiger partial charge is 0.241 e. The number of imide groups is 1. The fraction of sp³-hybridized carbons (Fsp3) is 0.412. The standard InChI is InChI=1S/C17H13IN2O4/c1-16-6-10(21)17(2,24-16)12-11(16)14(22)20(15(12)23)9-5-3-4-8(7-19)13(9)18/h3-5,11-12H,6H2,1-2H3. The highest BCUT2D eigenvalue weighted by molar-refractivity contribution is 14.1. The van der Waals surface area contributed by atoms with E-state index in [4.69, 9.17) is 4.74 Å². The molecule has 1 aromatic carbocycles. The summed E-state index contributed by atoms with van der Waals surface area (Å²) in [6.45, 7) is 3.34. The highest BCUT2D eigenvalue weighted by Gasteiger charge is 2.76. The number of rotatable bonds is 1. The topological polar surface area (TPSA) is 87.5 Å². The molecule has 3 aliphatic rings. The summed E-state index contributed by atoms with van der Waals surface area (Å²) in [5.41, 5.74) is -1.37. The van der Waals surface area contributed by atoms with Crippen LogP contribution in [-0.4, -0.2) is 28.8 Å². The number of carbonyl (C=O) groups excluding carboxylic acids is 3. The summed E-state index contributed by atoms with van der Waals surface area (Å²) in [7, 11) is 0. The number of halogens is 1. The van der Waals surface area contributed by atoms with E-state index in [0.29, 0.717) is 14.8 Å². The largest absolute Gasteiger partial charge is 0.359 e. The third kappa shape index (κ3) is 1.65. The van der Waals surface area contributed by atoms with E-state index < -0.39 is 28.9 Å². The van der Waals surface area contributed by atoms with Gasteiger partial charge in [-0.05, 0) is 48.6 Å². The van der Waals surface area contributed by atoms with Gasteiger partial charge in [0.1, 0.15) is 11.7 Å². The van der Waals surface area contributed by atoms with Gasteiger partial charge in [-0.1, -0.05) is 6.07 Å². The van der Waals surface area contributed by atoms with Crippen molar-refractivity contribution in [2.24, 2.45) is 11.8 Å². The predicted octanol–water partition coefficient (Wildman–Crippen LogP) is 1.79. The third-order valence-corrected chi connectivity index (χ3v) is 6.54. The molecule has 2 bridgehead atoms. The fourth-order valence-corrected chi connectivity index (χ4v) is 5.06. The Hall–Kier alpha value is -1.79. The molecule has 3 saturated heterocycles. The second-order valence-corrected chi connectivity index (χ2v) is 7.92. The number of fused-ring (bicyclic) bond motifs is 5. The van der Waals surface area contributed by atoms with Gasteiger partial charge in [0.2, 0.25) is 11.8 Å². The van der Waals surface area contributed by atoms with Gasteiger partial charge in [-0.25, -0.2) is 4.90 Å². The number of ether oxygens (including phenoxy) is 1. The molecular formula is C17H13IN2O4. The maximum absolute atomic E-state index is 13.0. The van der Waals surface area contributed by atoms with E-state index >= 15 is 0 Å². The van der Waals surface area contributed by atoms with E-state index in [1.807, 2.05) is 22.6 Å². The number of anilines is 1. The van der Waals surface area contributed by atoms with Crippen LogP contribution >= 0.6 is 22.6 Å². The first-order valence-corrected chi connectivity index (χ1v) is 8.62. The van der Waals surface area contributed by atoms with E-state index in [1.54, 1.807) is 32.0 Å². The average molecular weight is 436 g/mol. The van der Waals surface area contributed by atoms with Crippen LogP contribution in [0.3, 0.4) is 0 Å². The Morgan fingerprint density at radius 1 is 1.25 bits per heavy atom. The van der Waals surface area contributed by atoms with Crippen molar-refractivity contribution in [1.29, 1.82) is 5.26 Å². The van der Waals surface area contributed by atoms with Crippen molar-refractivity contribution in [1.82, 2.24) is 0 Å². The van der Waals surface area contributed by atoms with Crippen LogP contribution in [0.2, 0.25) is 0 Å². The molecule has 3 heterocycles. The molecule has 4 rings (SSSR count). The molecule has 6 nitrogen and oxygen atoms in total. The van der Waals surface area contributed by atoms with Crippen molar-refractivity contribution in [3.05, 3.63) is 27.3 Å². The summed E-state index contributed by atoms with van der Waals surface area (Å²) >= 11 is 1.97. The van der Waals surface area contributed by atoms with Crippen LogP contribution in [0.1, 0.15) is 25.8 Å². The molecule has 7 heteroatoms. The molecule has 0 aliphatic carbocycles. The minimum atomic E-state index is -1.24. The molecule has 0 radical (unpaired) electrons. The zero-order valence-corrected chi connectivity index (χ0v) is 15.2. The summed E-state index contributed by atoms with van der Waals surface area (Å²) in [6, 6.07) is 6.98. The van der Waals surface area contributed by atoms with Gasteiger partial charge in [0.25, 0.3) is 0 Å². The predicted molar refractivity (Wildman–Crippen MR) is 90.9 cm³/mol. The summed E-state index contributed by atoms with van der Waals surface area (Å²) in [5.74, 6) is -2.35. The van der Waals surface area contributed by atoms with Gasteiger partial charge >= 0.3 is 0 Å².